The summed E-state index contributed by atoms with van der Waals surface area (Å²) < 4.78 is 0. The van der Waals surface area contributed by atoms with E-state index in [-0.39, 0.29) is 11.8 Å². The highest BCUT2D eigenvalue weighted by Gasteiger charge is 2.21. The summed E-state index contributed by atoms with van der Waals surface area (Å²) >= 11 is 6.13. The van der Waals surface area contributed by atoms with E-state index in [0.717, 1.165) is 29.6 Å². The maximum atomic E-state index is 12.3. The van der Waals surface area contributed by atoms with Gasteiger partial charge in [0.15, 0.2) is 0 Å². The van der Waals surface area contributed by atoms with Crippen LogP contribution in [-0.2, 0) is 9.59 Å². The lowest BCUT2D eigenvalue weighted by Gasteiger charge is -2.15. The molecule has 0 unspecified atom stereocenters. The summed E-state index contributed by atoms with van der Waals surface area (Å²) in [6.07, 6.45) is 6.37. The van der Waals surface area contributed by atoms with E-state index in [1.54, 1.807) is 23.2 Å². The van der Waals surface area contributed by atoms with Crippen LogP contribution in [0.1, 0.15) is 18.4 Å². The molecule has 0 saturated carbocycles. The predicted molar refractivity (Wildman–Crippen MR) is 112 cm³/mol. The lowest BCUT2D eigenvalue weighted by atomic mass is 10.1. The number of nitrogens with zero attached hydrogens (tertiary/aromatic N) is 2. The van der Waals surface area contributed by atoms with Crippen LogP contribution in [0.25, 0.3) is 17.0 Å². The normalized spacial score (nSPS) is 14.2. The first-order chi connectivity index (χ1) is 13.6. The largest absolute Gasteiger partial charge is 0.321 e. The van der Waals surface area contributed by atoms with Crippen LogP contribution in [0, 0.1) is 0 Å². The van der Waals surface area contributed by atoms with Gasteiger partial charge in [0.25, 0.3) is 0 Å². The number of amides is 2. The van der Waals surface area contributed by atoms with Crippen LogP contribution < -0.4 is 10.2 Å². The molecule has 140 valence electrons. The lowest BCUT2D eigenvalue weighted by Crippen LogP contribution is -2.23. The molecule has 2 heterocycles. The van der Waals surface area contributed by atoms with Crippen molar-refractivity contribution in [3.05, 3.63) is 71.4 Å². The number of benzene rings is 2. The minimum Gasteiger partial charge on any atom is -0.321 e. The molecule has 0 aliphatic carbocycles. The third kappa shape index (κ3) is 3.89. The third-order valence-electron chi connectivity index (χ3n) is 4.63. The number of rotatable bonds is 4. The summed E-state index contributed by atoms with van der Waals surface area (Å²) in [6, 6.07) is 14.8. The van der Waals surface area contributed by atoms with Crippen LogP contribution in [-0.4, -0.2) is 23.3 Å². The van der Waals surface area contributed by atoms with Crippen molar-refractivity contribution in [3.8, 4) is 0 Å². The molecule has 5 nitrogen and oxygen atoms in total. The van der Waals surface area contributed by atoms with Gasteiger partial charge in [-0.25, -0.2) is 0 Å². The quantitative estimate of drug-likeness (QED) is 0.657. The van der Waals surface area contributed by atoms with Gasteiger partial charge < -0.3 is 10.2 Å². The van der Waals surface area contributed by atoms with Crippen LogP contribution in [0.3, 0.4) is 0 Å². The highest BCUT2D eigenvalue weighted by Crippen LogP contribution is 2.26. The SMILES string of the molecule is O=C(/C=C/c1ccc(N2CCCC2=O)cc1)Nc1cc(Cl)cc2cccnc12. The second kappa shape index (κ2) is 7.82. The van der Waals surface area contributed by atoms with Crippen molar-refractivity contribution in [2.24, 2.45) is 0 Å². The molecule has 4 rings (SSSR count). The molecule has 3 aromatic rings. The molecule has 2 aromatic carbocycles. The minimum absolute atomic E-state index is 0.157. The van der Waals surface area contributed by atoms with E-state index in [4.69, 9.17) is 11.6 Å². The molecule has 0 atom stereocenters. The molecule has 0 spiro atoms. The van der Waals surface area contributed by atoms with Crippen LogP contribution in [0.5, 0.6) is 0 Å². The monoisotopic (exact) mass is 391 g/mol. The van der Waals surface area contributed by atoms with Crippen molar-refractivity contribution in [2.75, 3.05) is 16.8 Å². The average molecular weight is 392 g/mol. The van der Waals surface area contributed by atoms with Crippen molar-refractivity contribution in [3.63, 3.8) is 0 Å². The Labute approximate surface area is 167 Å². The van der Waals surface area contributed by atoms with Crippen molar-refractivity contribution in [2.45, 2.75) is 12.8 Å². The number of hydrogen-bond acceptors (Lipinski definition) is 3. The Balaban J connectivity index is 1.47. The second-order valence-corrected chi connectivity index (χ2v) is 7.03. The van der Waals surface area contributed by atoms with Crippen molar-refractivity contribution >= 4 is 51.8 Å². The topological polar surface area (TPSA) is 62.3 Å². The molecule has 1 N–H and O–H groups in total. The summed E-state index contributed by atoms with van der Waals surface area (Å²) in [7, 11) is 0. The fraction of sp³-hybridized carbons (Fsp3) is 0.136. The number of carbonyl (C=O) groups is 2. The standard InChI is InChI=1S/C22H18ClN3O2/c23-17-13-16-3-1-11-24-22(16)19(14-17)25-20(27)10-7-15-5-8-18(9-6-15)26-12-2-4-21(26)28/h1,3,5-11,13-14H,2,4,12H2,(H,25,27)/b10-7+. The van der Waals surface area contributed by atoms with E-state index in [9.17, 15) is 9.59 Å². The first-order valence-corrected chi connectivity index (χ1v) is 9.42. The molecule has 28 heavy (non-hydrogen) atoms. The maximum Gasteiger partial charge on any atom is 0.248 e. The molecular formula is C22H18ClN3O2. The van der Waals surface area contributed by atoms with E-state index in [1.807, 2.05) is 42.5 Å². The van der Waals surface area contributed by atoms with Crippen LogP contribution in [0.15, 0.2) is 60.8 Å². The summed E-state index contributed by atoms with van der Waals surface area (Å²) in [4.78, 5) is 30.3. The van der Waals surface area contributed by atoms with E-state index in [1.165, 1.54) is 6.08 Å². The molecule has 1 saturated heterocycles. The van der Waals surface area contributed by atoms with Gasteiger partial charge in [-0.1, -0.05) is 29.8 Å². The summed E-state index contributed by atoms with van der Waals surface area (Å²) in [5.41, 5.74) is 3.02. The Bertz CT molecular complexity index is 1080. The number of hydrogen-bond donors (Lipinski definition) is 1. The number of carbonyl (C=O) groups excluding carboxylic acids is 2. The molecule has 1 aliphatic rings. The molecular weight excluding hydrogens is 374 g/mol. The Morgan fingerprint density at radius 2 is 2.00 bits per heavy atom. The van der Waals surface area contributed by atoms with Gasteiger partial charge in [-0.15, -0.1) is 0 Å². The Kier molecular flexibility index (Phi) is 5.08. The number of nitrogens with one attached hydrogen (secondary N) is 1. The number of aromatic nitrogens is 1. The number of anilines is 2. The van der Waals surface area contributed by atoms with Crippen molar-refractivity contribution in [1.82, 2.24) is 4.98 Å². The zero-order chi connectivity index (χ0) is 19.5. The van der Waals surface area contributed by atoms with Gasteiger partial charge in [0.05, 0.1) is 11.2 Å². The minimum atomic E-state index is -0.270. The molecule has 1 aliphatic heterocycles. The smallest absolute Gasteiger partial charge is 0.248 e. The summed E-state index contributed by atoms with van der Waals surface area (Å²) in [5.74, 6) is -0.113. The fourth-order valence-electron chi connectivity index (χ4n) is 3.28. The Hall–Kier alpha value is -3.18. The number of fused-ring (bicyclic) bond motifs is 1. The van der Waals surface area contributed by atoms with Crippen LogP contribution >= 0.6 is 11.6 Å². The Morgan fingerprint density at radius 3 is 2.75 bits per heavy atom. The molecule has 0 radical (unpaired) electrons. The van der Waals surface area contributed by atoms with Crippen molar-refractivity contribution in [1.29, 1.82) is 0 Å². The average Bonchev–Trinajstić information content (AvgIpc) is 3.12. The first-order valence-electron chi connectivity index (χ1n) is 9.04. The van der Waals surface area contributed by atoms with Gasteiger partial charge in [0, 0.05) is 41.3 Å². The maximum absolute atomic E-state index is 12.3. The predicted octanol–water partition coefficient (Wildman–Crippen LogP) is 4.67. The van der Waals surface area contributed by atoms with Crippen molar-refractivity contribution < 1.29 is 9.59 Å². The van der Waals surface area contributed by atoms with E-state index < -0.39 is 0 Å². The molecule has 2 amide bonds. The first kappa shape index (κ1) is 18.2. The molecule has 0 bridgehead atoms. The molecule has 6 heteroatoms. The number of halogens is 1. The van der Waals surface area contributed by atoms with Gasteiger partial charge in [-0.2, -0.15) is 0 Å². The highest BCUT2D eigenvalue weighted by molar-refractivity contribution is 6.32. The van der Waals surface area contributed by atoms with Gasteiger partial charge in [0.1, 0.15) is 0 Å². The zero-order valence-electron chi connectivity index (χ0n) is 15.1. The Morgan fingerprint density at radius 1 is 1.18 bits per heavy atom. The lowest BCUT2D eigenvalue weighted by molar-refractivity contribution is -0.117. The molecule has 1 aromatic heterocycles. The second-order valence-electron chi connectivity index (χ2n) is 6.59. The summed E-state index contributed by atoms with van der Waals surface area (Å²) in [5, 5.41) is 4.23. The van der Waals surface area contributed by atoms with Gasteiger partial charge in [-0.05, 0) is 48.4 Å². The fourth-order valence-corrected chi connectivity index (χ4v) is 3.51. The zero-order valence-corrected chi connectivity index (χ0v) is 15.8. The molecule has 1 fully saturated rings. The van der Waals surface area contributed by atoms with Gasteiger partial charge in [0.2, 0.25) is 11.8 Å². The van der Waals surface area contributed by atoms with Crippen LogP contribution in [0.4, 0.5) is 11.4 Å². The highest BCUT2D eigenvalue weighted by atomic mass is 35.5. The van der Waals surface area contributed by atoms with E-state index in [0.29, 0.717) is 22.6 Å². The van der Waals surface area contributed by atoms with E-state index in [2.05, 4.69) is 10.3 Å². The third-order valence-corrected chi connectivity index (χ3v) is 4.85. The van der Waals surface area contributed by atoms with E-state index >= 15 is 0 Å². The summed E-state index contributed by atoms with van der Waals surface area (Å²) in [6.45, 7) is 0.762. The number of pyridine rings is 1. The van der Waals surface area contributed by atoms with Crippen LogP contribution in [0.2, 0.25) is 5.02 Å². The van der Waals surface area contributed by atoms with Gasteiger partial charge >= 0.3 is 0 Å². The van der Waals surface area contributed by atoms with Gasteiger partial charge in [-0.3, -0.25) is 14.6 Å².